The summed E-state index contributed by atoms with van der Waals surface area (Å²) in [6, 6.07) is 11.8. The summed E-state index contributed by atoms with van der Waals surface area (Å²) >= 11 is 1.66. The first-order valence-corrected chi connectivity index (χ1v) is 8.74. The number of thiophene rings is 1. The van der Waals surface area contributed by atoms with Gasteiger partial charge in [0.25, 0.3) is 0 Å². The van der Waals surface area contributed by atoms with Crippen molar-refractivity contribution >= 4 is 17.0 Å². The van der Waals surface area contributed by atoms with Gasteiger partial charge >= 0.3 is 0 Å². The predicted octanol–water partition coefficient (Wildman–Crippen LogP) is 3.86. The highest BCUT2D eigenvalue weighted by atomic mass is 32.1. The normalized spacial score (nSPS) is 11.0. The van der Waals surface area contributed by atoms with Crippen LogP contribution >= 0.6 is 11.3 Å². The van der Waals surface area contributed by atoms with Crippen molar-refractivity contribution in [1.29, 1.82) is 0 Å². The van der Waals surface area contributed by atoms with Crippen molar-refractivity contribution in [2.45, 2.75) is 12.8 Å². The average Bonchev–Trinajstić information content (AvgIpc) is 3.28. The summed E-state index contributed by atoms with van der Waals surface area (Å²) in [5.41, 5.74) is 3.99. The number of hydrogen-bond donors (Lipinski definition) is 0. The molecule has 24 heavy (non-hydrogen) atoms. The highest BCUT2D eigenvalue weighted by Crippen LogP contribution is 2.23. The van der Waals surface area contributed by atoms with Gasteiger partial charge in [-0.2, -0.15) is 11.3 Å². The Labute approximate surface area is 143 Å². The number of fused-ring (bicyclic) bond motifs is 1. The molecule has 120 valence electrons. The van der Waals surface area contributed by atoms with Crippen molar-refractivity contribution in [2.75, 3.05) is 6.61 Å². The van der Waals surface area contributed by atoms with E-state index >= 15 is 0 Å². The lowest BCUT2D eigenvalue weighted by Gasteiger charge is -2.06. The van der Waals surface area contributed by atoms with E-state index in [1.165, 1.54) is 0 Å². The lowest BCUT2D eigenvalue weighted by atomic mass is 10.2. The van der Waals surface area contributed by atoms with E-state index in [-0.39, 0.29) is 0 Å². The van der Waals surface area contributed by atoms with Gasteiger partial charge in [0, 0.05) is 28.9 Å². The van der Waals surface area contributed by atoms with Crippen LogP contribution in [0.1, 0.15) is 12.1 Å². The smallest absolute Gasteiger partial charge is 0.231 e. The number of nitrogens with zero attached hydrogens (tertiary/aromatic N) is 4. The van der Waals surface area contributed by atoms with Crippen molar-refractivity contribution < 1.29 is 4.74 Å². The molecule has 0 amide bonds. The van der Waals surface area contributed by atoms with Crippen molar-refractivity contribution in [1.82, 2.24) is 19.6 Å². The minimum Gasteiger partial charge on any atom is -0.477 e. The Kier molecular flexibility index (Phi) is 4.20. The second-order valence-electron chi connectivity index (χ2n) is 5.37. The second-order valence-corrected chi connectivity index (χ2v) is 6.15. The Balaban J connectivity index is 1.44. The standard InChI is InChI=1S/C18H16N4OS/c1-2-9-19-15(4-1)5-3-10-23-18-7-6-17-20-12-16(22(17)21-18)14-8-11-24-13-14/h1-2,4,6-9,11-13H,3,5,10H2. The molecular formula is C18H16N4OS. The number of hydrogen-bond acceptors (Lipinski definition) is 5. The van der Waals surface area contributed by atoms with Gasteiger partial charge in [-0.05, 0) is 42.5 Å². The Morgan fingerprint density at radius 3 is 2.92 bits per heavy atom. The molecule has 0 saturated heterocycles. The Bertz CT molecular complexity index is 919. The predicted molar refractivity (Wildman–Crippen MR) is 94.4 cm³/mol. The minimum atomic E-state index is 0.609. The number of rotatable bonds is 6. The zero-order chi connectivity index (χ0) is 16.2. The van der Waals surface area contributed by atoms with Gasteiger partial charge in [0.05, 0.1) is 18.5 Å². The minimum absolute atomic E-state index is 0.609. The average molecular weight is 336 g/mol. The van der Waals surface area contributed by atoms with Gasteiger partial charge in [-0.25, -0.2) is 9.50 Å². The molecule has 0 aromatic carbocycles. The quantitative estimate of drug-likeness (QED) is 0.502. The van der Waals surface area contributed by atoms with Crippen LogP contribution in [0.4, 0.5) is 0 Å². The topological polar surface area (TPSA) is 52.3 Å². The van der Waals surface area contributed by atoms with Crippen LogP contribution in [-0.2, 0) is 6.42 Å². The maximum atomic E-state index is 5.79. The van der Waals surface area contributed by atoms with E-state index in [4.69, 9.17) is 4.74 Å². The van der Waals surface area contributed by atoms with Crippen LogP contribution in [0.25, 0.3) is 16.9 Å². The first-order valence-electron chi connectivity index (χ1n) is 7.80. The Morgan fingerprint density at radius 2 is 2.08 bits per heavy atom. The molecule has 5 nitrogen and oxygen atoms in total. The van der Waals surface area contributed by atoms with E-state index < -0.39 is 0 Å². The van der Waals surface area contributed by atoms with Gasteiger partial charge in [-0.3, -0.25) is 4.98 Å². The third-order valence-corrected chi connectivity index (χ3v) is 4.39. The van der Waals surface area contributed by atoms with E-state index in [1.807, 2.05) is 52.6 Å². The molecule has 4 heterocycles. The van der Waals surface area contributed by atoms with Gasteiger partial charge in [-0.1, -0.05) is 6.07 Å². The third-order valence-electron chi connectivity index (χ3n) is 3.71. The van der Waals surface area contributed by atoms with E-state index in [2.05, 4.69) is 26.5 Å². The molecule has 4 rings (SSSR count). The second kappa shape index (κ2) is 6.80. The molecule has 0 atom stereocenters. The monoisotopic (exact) mass is 336 g/mol. The first-order chi connectivity index (χ1) is 11.9. The summed E-state index contributed by atoms with van der Waals surface area (Å²) in [6.07, 6.45) is 5.46. The van der Waals surface area contributed by atoms with Crippen LogP contribution in [0, 0.1) is 0 Å². The zero-order valence-corrected chi connectivity index (χ0v) is 13.8. The molecule has 0 N–H and O–H groups in total. The van der Waals surface area contributed by atoms with Crippen molar-refractivity contribution in [3.8, 4) is 17.1 Å². The summed E-state index contributed by atoms with van der Waals surface area (Å²) in [5.74, 6) is 0.609. The van der Waals surface area contributed by atoms with Crippen LogP contribution in [0.2, 0.25) is 0 Å². The van der Waals surface area contributed by atoms with Crippen LogP contribution in [0.3, 0.4) is 0 Å². The van der Waals surface area contributed by atoms with Gasteiger partial charge in [0.1, 0.15) is 0 Å². The maximum Gasteiger partial charge on any atom is 0.231 e. The highest BCUT2D eigenvalue weighted by Gasteiger charge is 2.08. The molecule has 0 aliphatic heterocycles. The van der Waals surface area contributed by atoms with E-state index in [0.717, 1.165) is 35.4 Å². The number of aryl methyl sites for hydroxylation is 1. The van der Waals surface area contributed by atoms with Gasteiger partial charge < -0.3 is 4.74 Å². The van der Waals surface area contributed by atoms with Crippen molar-refractivity contribution in [3.63, 3.8) is 0 Å². The van der Waals surface area contributed by atoms with Crippen LogP contribution < -0.4 is 4.74 Å². The lowest BCUT2D eigenvalue weighted by molar-refractivity contribution is 0.294. The molecular weight excluding hydrogens is 320 g/mol. The number of aromatic nitrogens is 4. The molecule has 0 fully saturated rings. The first kappa shape index (κ1) is 14.8. The lowest BCUT2D eigenvalue weighted by Crippen LogP contribution is -2.04. The summed E-state index contributed by atoms with van der Waals surface area (Å²) in [6.45, 7) is 0.609. The summed E-state index contributed by atoms with van der Waals surface area (Å²) < 4.78 is 7.62. The number of imidazole rings is 1. The third kappa shape index (κ3) is 3.14. The molecule has 0 bridgehead atoms. The molecule has 0 saturated carbocycles. The van der Waals surface area contributed by atoms with Crippen molar-refractivity contribution in [2.24, 2.45) is 0 Å². The number of ether oxygens (including phenoxy) is 1. The van der Waals surface area contributed by atoms with Gasteiger partial charge in [-0.15, -0.1) is 5.10 Å². The SMILES string of the molecule is c1ccc(CCCOc2ccc3ncc(-c4ccsc4)n3n2)nc1. The van der Waals surface area contributed by atoms with Crippen LogP contribution in [0.5, 0.6) is 5.88 Å². The van der Waals surface area contributed by atoms with Crippen LogP contribution in [-0.4, -0.2) is 26.2 Å². The summed E-state index contributed by atoms with van der Waals surface area (Å²) in [5, 5.41) is 8.69. The molecule has 0 radical (unpaired) electrons. The molecule has 0 spiro atoms. The summed E-state index contributed by atoms with van der Waals surface area (Å²) in [4.78, 5) is 8.71. The maximum absolute atomic E-state index is 5.79. The zero-order valence-electron chi connectivity index (χ0n) is 13.0. The fraction of sp³-hybridized carbons (Fsp3) is 0.167. The van der Waals surface area contributed by atoms with Gasteiger partial charge in [0.2, 0.25) is 5.88 Å². The molecule has 0 unspecified atom stereocenters. The summed E-state index contributed by atoms with van der Waals surface area (Å²) in [7, 11) is 0. The van der Waals surface area contributed by atoms with E-state index in [0.29, 0.717) is 12.5 Å². The Hall–Kier alpha value is -2.73. The van der Waals surface area contributed by atoms with Crippen LogP contribution in [0.15, 0.2) is 59.6 Å². The molecule has 0 aliphatic carbocycles. The molecule has 6 heteroatoms. The largest absolute Gasteiger partial charge is 0.477 e. The number of pyridine rings is 1. The molecule has 0 aliphatic rings. The van der Waals surface area contributed by atoms with E-state index in [9.17, 15) is 0 Å². The molecule has 4 aromatic heterocycles. The van der Waals surface area contributed by atoms with Gasteiger partial charge in [0.15, 0.2) is 5.65 Å². The van der Waals surface area contributed by atoms with E-state index in [1.54, 1.807) is 11.3 Å². The fourth-order valence-corrected chi connectivity index (χ4v) is 3.17. The molecule has 4 aromatic rings. The Morgan fingerprint density at radius 1 is 1.08 bits per heavy atom. The highest BCUT2D eigenvalue weighted by molar-refractivity contribution is 7.08. The fourth-order valence-electron chi connectivity index (χ4n) is 2.52. The van der Waals surface area contributed by atoms with Crippen molar-refractivity contribution in [3.05, 3.63) is 65.2 Å².